The summed E-state index contributed by atoms with van der Waals surface area (Å²) in [7, 11) is 0. The molecule has 2 unspecified atom stereocenters. The van der Waals surface area contributed by atoms with Crippen molar-refractivity contribution in [3.05, 3.63) is 0 Å². The van der Waals surface area contributed by atoms with Crippen LogP contribution in [0.25, 0.3) is 0 Å². The lowest BCUT2D eigenvalue weighted by atomic mass is 10.0. The van der Waals surface area contributed by atoms with E-state index in [0.717, 1.165) is 26.2 Å². The van der Waals surface area contributed by atoms with Crippen molar-refractivity contribution in [2.75, 3.05) is 19.8 Å². The van der Waals surface area contributed by atoms with Crippen molar-refractivity contribution in [2.24, 2.45) is 11.8 Å². The van der Waals surface area contributed by atoms with E-state index in [2.05, 4.69) is 5.32 Å². The minimum absolute atomic E-state index is 0.401. The lowest BCUT2D eigenvalue weighted by Crippen LogP contribution is -2.40. The highest BCUT2D eigenvalue weighted by molar-refractivity contribution is 5.73. The fourth-order valence-electron chi connectivity index (χ4n) is 1.80. The third-order valence-corrected chi connectivity index (χ3v) is 2.68. The van der Waals surface area contributed by atoms with Gasteiger partial charge in [-0.3, -0.25) is 4.79 Å². The first-order valence-corrected chi connectivity index (χ1v) is 5.63. The van der Waals surface area contributed by atoms with Crippen LogP contribution in [0, 0.1) is 11.8 Å². The highest BCUT2D eigenvalue weighted by Crippen LogP contribution is 2.12. The molecule has 2 N–H and O–H groups in total. The van der Waals surface area contributed by atoms with Crippen molar-refractivity contribution in [1.29, 1.82) is 0 Å². The van der Waals surface area contributed by atoms with Crippen LogP contribution in [0.2, 0.25) is 0 Å². The van der Waals surface area contributed by atoms with Crippen molar-refractivity contribution >= 4 is 5.97 Å². The number of hydrogen-bond donors (Lipinski definition) is 2. The Morgan fingerprint density at radius 2 is 2.33 bits per heavy atom. The Morgan fingerprint density at radius 3 is 2.80 bits per heavy atom. The van der Waals surface area contributed by atoms with Crippen LogP contribution in [0.15, 0.2) is 0 Å². The summed E-state index contributed by atoms with van der Waals surface area (Å²) in [5, 5.41) is 12.1. The van der Waals surface area contributed by atoms with Crippen molar-refractivity contribution in [2.45, 2.75) is 32.7 Å². The van der Waals surface area contributed by atoms with Gasteiger partial charge in [-0.1, -0.05) is 13.8 Å². The maximum absolute atomic E-state index is 10.9. The number of hydrogen-bond acceptors (Lipinski definition) is 3. The van der Waals surface area contributed by atoms with Gasteiger partial charge in [-0.05, 0) is 24.7 Å². The molecule has 0 aromatic heterocycles. The molecule has 0 spiro atoms. The number of aliphatic carboxylic acids is 1. The molecule has 4 nitrogen and oxygen atoms in total. The molecule has 1 aliphatic rings. The molecule has 0 bridgehead atoms. The van der Waals surface area contributed by atoms with Gasteiger partial charge in [0.2, 0.25) is 0 Å². The van der Waals surface area contributed by atoms with Gasteiger partial charge in [0.05, 0.1) is 6.61 Å². The van der Waals surface area contributed by atoms with Crippen LogP contribution in [-0.4, -0.2) is 36.9 Å². The van der Waals surface area contributed by atoms with E-state index in [1.54, 1.807) is 0 Å². The number of carboxylic acid groups (broad SMARTS) is 1. The summed E-state index contributed by atoms with van der Waals surface area (Å²) in [6.07, 6.45) is 1.73. The van der Waals surface area contributed by atoms with Gasteiger partial charge >= 0.3 is 5.97 Å². The van der Waals surface area contributed by atoms with Gasteiger partial charge in [0.25, 0.3) is 0 Å². The Morgan fingerprint density at radius 1 is 1.60 bits per heavy atom. The van der Waals surface area contributed by atoms with Crippen LogP contribution in [0.1, 0.15) is 26.7 Å². The molecule has 1 fully saturated rings. The number of carboxylic acids is 1. The summed E-state index contributed by atoms with van der Waals surface area (Å²) in [6.45, 7) is 6.41. The van der Waals surface area contributed by atoms with Gasteiger partial charge in [0, 0.05) is 13.2 Å². The van der Waals surface area contributed by atoms with Gasteiger partial charge in [0.1, 0.15) is 6.04 Å². The summed E-state index contributed by atoms with van der Waals surface area (Å²) in [4.78, 5) is 10.9. The Labute approximate surface area is 91.0 Å². The summed E-state index contributed by atoms with van der Waals surface area (Å²) < 4.78 is 5.24. The second-order valence-electron chi connectivity index (χ2n) is 4.66. The van der Waals surface area contributed by atoms with E-state index < -0.39 is 12.0 Å². The molecule has 0 aromatic carbocycles. The minimum atomic E-state index is -0.748. The van der Waals surface area contributed by atoms with Gasteiger partial charge in [-0.25, -0.2) is 0 Å². The molecule has 4 heteroatoms. The summed E-state index contributed by atoms with van der Waals surface area (Å²) in [6, 6.07) is -0.411. The highest BCUT2D eigenvalue weighted by atomic mass is 16.5. The van der Waals surface area contributed by atoms with E-state index >= 15 is 0 Å². The van der Waals surface area contributed by atoms with E-state index in [1.165, 1.54) is 0 Å². The zero-order valence-corrected chi connectivity index (χ0v) is 9.53. The molecule has 1 rings (SSSR count). The zero-order chi connectivity index (χ0) is 11.3. The van der Waals surface area contributed by atoms with E-state index in [9.17, 15) is 4.79 Å². The molecule has 0 radical (unpaired) electrons. The fraction of sp³-hybridized carbons (Fsp3) is 0.909. The molecule has 0 saturated carbocycles. The molecule has 88 valence electrons. The average molecular weight is 215 g/mol. The normalized spacial score (nSPS) is 23.3. The standard InChI is InChI=1S/C11H21NO3/c1-8(2)5-10(11(13)14)12-6-9-3-4-15-7-9/h8-10,12H,3-7H2,1-2H3,(H,13,14). The van der Waals surface area contributed by atoms with Gasteiger partial charge in [-0.2, -0.15) is 0 Å². The second-order valence-corrected chi connectivity index (χ2v) is 4.66. The fourth-order valence-corrected chi connectivity index (χ4v) is 1.80. The third-order valence-electron chi connectivity index (χ3n) is 2.68. The molecule has 1 aliphatic heterocycles. The smallest absolute Gasteiger partial charge is 0.320 e. The maximum atomic E-state index is 10.9. The number of rotatable bonds is 6. The summed E-state index contributed by atoms with van der Waals surface area (Å²) in [5.41, 5.74) is 0. The van der Waals surface area contributed by atoms with Crippen LogP contribution in [0.3, 0.4) is 0 Å². The SMILES string of the molecule is CC(C)CC(NCC1CCOC1)C(=O)O. The quantitative estimate of drug-likeness (QED) is 0.697. The molecule has 0 amide bonds. The van der Waals surface area contributed by atoms with Crippen molar-refractivity contribution in [3.63, 3.8) is 0 Å². The lowest BCUT2D eigenvalue weighted by molar-refractivity contribution is -0.140. The molecular weight excluding hydrogens is 194 g/mol. The molecule has 0 aliphatic carbocycles. The van der Waals surface area contributed by atoms with Crippen molar-refractivity contribution in [3.8, 4) is 0 Å². The van der Waals surface area contributed by atoms with E-state index in [-0.39, 0.29) is 0 Å². The molecular formula is C11H21NO3. The monoisotopic (exact) mass is 215 g/mol. The second kappa shape index (κ2) is 6.08. The zero-order valence-electron chi connectivity index (χ0n) is 9.53. The first-order valence-electron chi connectivity index (χ1n) is 5.63. The summed E-state index contributed by atoms with van der Waals surface area (Å²) >= 11 is 0. The van der Waals surface area contributed by atoms with Crippen LogP contribution in [0.5, 0.6) is 0 Å². The highest BCUT2D eigenvalue weighted by Gasteiger charge is 2.21. The Balaban J connectivity index is 2.27. The Hall–Kier alpha value is -0.610. The van der Waals surface area contributed by atoms with Crippen LogP contribution < -0.4 is 5.32 Å². The largest absolute Gasteiger partial charge is 0.480 e. The molecule has 2 atom stereocenters. The first-order chi connectivity index (χ1) is 7.09. The molecule has 1 heterocycles. The first kappa shape index (κ1) is 12.5. The van der Waals surface area contributed by atoms with Gasteiger partial charge in [0.15, 0.2) is 0 Å². The number of nitrogens with one attached hydrogen (secondary N) is 1. The van der Waals surface area contributed by atoms with E-state index in [0.29, 0.717) is 18.3 Å². The van der Waals surface area contributed by atoms with Crippen LogP contribution in [0.4, 0.5) is 0 Å². The van der Waals surface area contributed by atoms with Gasteiger partial charge < -0.3 is 15.2 Å². The molecule has 0 aromatic rings. The molecule has 15 heavy (non-hydrogen) atoms. The number of carbonyl (C=O) groups is 1. The van der Waals surface area contributed by atoms with E-state index in [1.807, 2.05) is 13.8 Å². The third kappa shape index (κ3) is 4.62. The van der Waals surface area contributed by atoms with Crippen LogP contribution >= 0.6 is 0 Å². The molecule has 1 saturated heterocycles. The van der Waals surface area contributed by atoms with Crippen LogP contribution in [-0.2, 0) is 9.53 Å². The average Bonchev–Trinajstić information content (AvgIpc) is 2.63. The number of ether oxygens (including phenoxy) is 1. The predicted octanol–water partition coefficient (Wildman–Crippen LogP) is 1.11. The van der Waals surface area contributed by atoms with Crippen molar-refractivity contribution < 1.29 is 14.6 Å². The maximum Gasteiger partial charge on any atom is 0.320 e. The summed E-state index contributed by atoms with van der Waals surface area (Å²) in [5.74, 6) is 0.139. The predicted molar refractivity (Wildman–Crippen MR) is 57.8 cm³/mol. The lowest BCUT2D eigenvalue weighted by Gasteiger charge is -2.18. The minimum Gasteiger partial charge on any atom is -0.480 e. The van der Waals surface area contributed by atoms with E-state index in [4.69, 9.17) is 9.84 Å². The van der Waals surface area contributed by atoms with Crippen molar-refractivity contribution in [1.82, 2.24) is 5.32 Å². The topological polar surface area (TPSA) is 58.6 Å². The Kier molecular flexibility index (Phi) is 5.05. The van der Waals surface area contributed by atoms with Gasteiger partial charge in [-0.15, -0.1) is 0 Å². The Bertz CT molecular complexity index is 200.